The van der Waals surface area contributed by atoms with Gasteiger partial charge in [-0.15, -0.1) is 0 Å². The zero-order valence-corrected chi connectivity index (χ0v) is 11.7. The lowest BCUT2D eigenvalue weighted by atomic mass is 10.4. The lowest BCUT2D eigenvalue weighted by Crippen LogP contribution is -2.14. The molecule has 1 rings (SSSR count). The van der Waals surface area contributed by atoms with E-state index < -0.39 is 11.9 Å². The van der Waals surface area contributed by atoms with Gasteiger partial charge in [-0.05, 0) is 26.7 Å². The van der Waals surface area contributed by atoms with E-state index in [1.165, 1.54) is 12.8 Å². The Morgan fingerprint density at radius 1 is 0.947 bits per heavy atom. The third-order valence-corrected chi connectivity index (χ3v) is 2.07. The highest BCUT2D eigenvalue weighted by Gasteiger charge is 2.05. The molecule has 5 heteroatoms. The van der Waals surface area contributed by atoms with Crippen molar-refractivity contribution in [3.8, 4) is 0 Å². The Kier molecular flexibility index (Phi) is 9.44. The molecule has 1 fully saturated rings. The summed E-state index contributed by atoms with van der Waals surface area (Å²) < 4.78 is 14.3. The van der Waals surface area contributed by atoms with Gasteiger partial charge in [-0.1, -0.05) is 13.2 Å². The van der Waals surface area contributed by atoms with Crippen LogP contribution in [0, 0.1) is 0 Å². The maximum absolute atomic E-state index is 10.8. The first-order chi connectivity index (χ1) is 8.95. The van der Waals surface area contributed by atoms with Crippen LogP contribution in [-0.4, -0.2) is 38.4 Å². The molecule has 0 aromatic rings. The van der Waals surface area contributed by atoms with Crippen molar-refractivity contribution >= 4 is 11.9 Å². The van der Waals surface area contributed by atoms with Crippen LogP contribution < -0.4 is 0 Å². The summed E-state index contributed by atoms with van der Waals surface area (Å²) in [6.45, 7) is 12.0. The molecule has 0 amide bonds. The molecule has 0 aliphatic carbocycles. The maximum atomic E-state index is 10.8. The number of hydrogen-bond donors (Lipinski definition) is 0. The van der Waals surface area contributed by atoms with Crippen molar-refractivity contribution in [2.75, 3.05) is 26.4 Å². The van der Waals surface area contributed by atoms with Gasteiger partial charge in [0.05, 0.1) is 0 Å². The second-order valence-electron chi connectivity index (χ2n) is 4.15. The number of rotatable bonds is 5. The van der Waals surface area contributed by atoms with Gasteiger partial charge >= 0.3 is 11.9 Å². The summed E-state index contributed by atoms with van der Waals surface area (Å²) >= 11 is 0. The van der Waals surface area contributed by atoms with Gasteiger partial charge in [-0.3, -0.25) is 0 Å². The minimum Gasteiger partial charge on any atom is -0.459 e. The third-order valence-electron chi connectivity index (χ3n) is 2.07. The summed E-state index contributed by atoms with van der Waals surface area (Å²) in [5.41, 5.74) is 0.632. The first-order valence-electron chi connectivity index (χ1n) is 6.18. The van der Waals surface area contributed by atoms with E-state index in [1.54, 1.807) is 13.8 Å². The van der Waals surface area contributed by atoms with E-state index in [9.17, 15) is 9.59 Å². The smallest absolute Gasteiger partial charge is 0.333 e. The van der Waals surface area contributed by atoms with Gasteiger partial charge in [0.15, 0.2) is 0 Å². The first-order valence-corrected chi connectivity index (χ1v) is 6.18. The molecule has 1 saturated heterocycles. The fraction of sp³-hybridized carbons (Fsp3) is 0.571. The van der Waals surface area contributed by atoms with Crippen molar-refractivity contribution in [2.24, 2.45) is 0 Å². The van der Waals surface area contributed by atoms with Crippen molar-refractivity contribution in [1.82, 2.24) is 0 Å². The van der Waals surface area contributed by atoms with E-state index in [-0.39, 0.29) is 13.2 Å². The molecule has 0 atom stereocenters. The molecular formula is C14H22O5. The van der Waals surface area contributed by atoms with Crippen LogP contribution in [0.15, 0.2) is 24.3 Å². The van der Waals surface area contributed by atoms with Crippen LogP contribution in [0.25, 0.3) is 0 Å². The molecule has 0 bridgehead atoms. The number of ether oxygens (including phenoxy) is 3. The molecule has 0 spiro atoms. The van der Waals surface area contributed by atoms with Gasteiger partial charge in [0.2, 0.25) is 0 Å². The highest BCUT2D eigenvalue weighted by atomic mass is 16.6. The SMILES string of the molecule is C1CCOC1.C=C(C)C(=O)OCCOC(=O)C(=C)C. The topological polar surface area (TPSA) is 61.8 Å². The van der Waals surface area contributed by atoms with Crippen molar-refractivity contribution in [1.29, 1.82) is 0 Å². The number of carbonyl (C=O) groups excluding carboxylic acids is 2. The largest absolute Gasteiger partial charge is 0.459 e. The molecule has 1 aliphatic heterocycles. The van der Waals surface area contributed by atoms with Gasteiger partial charge in [0, 0.05) is 24.4 Å². The van der Waals surface area contributed by atoms with Crippen LogP contribution in [0.5, 0.6) is 0 Å². The van der Waals surface area contributed by atoms with E-state index in [0.29, 0.717) is 11.1 Å². The van der Waals surface area contributed by atoms with Gasteiger partial charge < -0.3 is 14.2 Å². The molecule has 108 valence electrons. The summed E-state index contributed by atoms with van der Waals surface area (Å²) in [6.07, 6.45) is 2.56. The average molecular weight is 270 g/mol. The zero-order chi connectivity index (χ0) is 14.7. The Labute approximate surface area is 114 Å². The lowest BCUT2D eigenvalue weighted by molar-refractivity contribution is -0.147. The third kappa shape index (κ3) is 10.0. The fourth-order valence-electron chi connectivity index (χ4n) is 1.03. The lowest BCUT2D eigenvalue weighted by Gasteiger charge is -2.05. The summed E-state index contributed by atoms with van der Waals surface area (Å²) in [4.78, 5) is 21.7. The van der Waals surface area contributed by atoms with E-state index in [0.717, 1.165) is 13.2 Å². The van der Waals surface area contributed by atoms with Crippen molar-refractivity contribution in [2.45, 2.75) is 26.7 Å². The highest BCUT2D eigenvalue weighted by Crippen LogP contribution is 1.98. The number of hydrogen-bond acceptors (Lipinski definition) is 5. The summed E-state index contributed by atoms with van der Waals surface area (Å²) in [5.74, 6) is -0.979. The van der Waals surface area contributed by atoms with E-state index in [1.807, 2.05) is 0 Å². The molecule has 0 aromatic heterocycles. The van der Waals surface area contributed by atoms with Gasteiger partial charge in [0.25, 0.3) is 0 Å². The molecule has 0 unspecified atom stereocenters. The average Bonchev–Trinajstić information content (AvgIpc) is 2.92. The van der Waals surface area contributed by atoms with Crippen molar-refractivity contribution in [3.63, 3.8) is 0 Å². The van der Waals surface area contributed by atoms with E-state index >= 15 is 0 Å². The van der Waals surface area contributed by atoms with Gasteiger partial charge in [-0.2, -0.15) is 0 Å². The minimum absolute atomic E-state index is 0.0325. The van der Waals surface area contributed by atoms with Crippen LogP contribution in [0.2, 0.25) is 0 Å². The van der Waals surface area contributed by atoms with Crippen molar-refractivity contribution in [3.05, 3.63) is 24.3 Å². The normalized spacial score (nSPS) is 12.9. The van der Waals surface area contributed by atoms with Crippen LogP contribution >= 0.6 is 0 Å². The summed E-state index contributed by atoms with van der Waals surface area (Å²) in [7, 11) is 0. The molecule has 19 heavy (non-hydrogen) atoms. The Morgan fingerprint density at radius 3 is 1.53 bits per heavy atom. The van der Waals surface area contributed by atoms with Gasteiger partial charge in [-0.25, -0.2) is 9.59 Å². The Hall–Kier alpha value is -1.62. The second kappa shape index (κ2) is 10.3. The second-order valence-corrected chi connectivity index (χ2v) is 4.15. The Balaban J connectivity index is 0.000000532. The Morgan fingerprint density at radius 2 is 1.32 bits per heavy atom. The monoisotopic (exact) mass is 270 g/mol. The summed E-state index contributed by atoms with van der Waals surface area (Å²) in [6, 6.07) is 0. The first kappa shape index (κ1) is 17.4. The van der Waals surface area contributed by atoms with Crippen LogP contribution in [0.1, 0.15) is 26.7 Å². The van der Waals surface area contributed by atoms with Crippen molar-refractivity contribution < 1.29 is 23.8 Å². The number of esters is 2. The predicted octanol–water partition coefficient (Wildman–Crippen LogP) is 2.02. The maximum Gasteiger partial charge on any atom is 0.333 e. The molecular weight excluding hydrogens is 248 g/mol. The van der Waals surface area contributed by atoms with Crippen LogP contribution in [0.4, 0.5) is 0 Å². The highest BCUT2D eigenvalue weighted by molar-refractivity contribution is 5.87. The molecule has 5 nitrogen and oxygen atoms in total. The summed E-state index contributed by atoms with van der Waals surface area (Å²) in [5, 5.41) is 0. The van der Waals surface area contributed by atoms with E-state index in [2.05, 4.69) is 22.6 Å². The molecule has 0 aromatic carbocycles. The van der Waals surface area contributed by atoms with E-state index in [4.69, 9.17) is 4.74 Å². The molecule has 0 saturated carbocycles. The fourth-order valence-corrected chi connectivity index (χ4v) is 1.03. The quantitative estimate of drug-likeness (QED) is 0.434. The molecule has 1 aliphatic rings. The minimum atomic E-state index is -0.489. The standard InChI is InChI=1S/C10H14O4.C4H8O/c1-7(2)9(11)13-5-6-14-10(12)8(3)4;1-2-4-5-3-1/h1,3,5-6H2,2,4H3;1-4H2. The van der Waals surface area contributed by atoms with Gasteiger partial charge in [0.1, 0.15) is 13.2 Å². The predicted molar refractivity (Wildman–Crippen MR) is 71.6 cm³/mol. The zero-order valence-electron chi connectivity index (χ0n) is 11.7. The van der Waals surface area contributed by atoms with Crippen LogP contribution in [-0.2, 0) is 23.8 Å². The Bertz CT molecular complexity index is 293. The molecule has 1 heterocycles. The number of carbonyl (C=O) groups is 2. The molecule has 0 N–H and O–H groups in total. The van der Waals surface area contributed by atoms with Crippen LogP contribution in [0.3, 0.4) is 0 Å². The molecule has 0 radical (unpaired) electrons.